The van der Waals surface area contributed by atoms with E-state index in [0.717, 1.165) is 28.5 Å². The van der Waals surface area contributed by atoms with Crippen LogP contribution in [0.2, 0.25) is 0 Å². The summed E-state index contributed by atoms with van der Waals surface area (Å²) in [4.78, 5) is 28.5. The normalized spacial score (nSPS) is 20.0. The first-order chi connectivity index (χ1) is 15.0. The lowest BCUT2D eigenvalue weighted by Crippen LogP contribution is -2.43. The van der Waals surface area contributed by atoms with Crippen molar-refractivity contribution in [2.75, 3.05) is 25.0 Å². The molecule has 2 aromatic rings. The lowest BCUT2D eigenvalue weighted by molar-refractivity contribution is -0.140. The van der Waals surface area contributed by atoms with Gasteiger partial charge in [0.1, 0.15) is 6.10 Å². The van der Waals surface area contributed by atoms with Crippen LogP contribution in [0.5, 0.6) is 0 Å². The molecule has 1 amide bonds. The molecule has 4 rings (SSSR count). The number of aryl methyl sites for hydroxylation is 3. The van der Waals surface area contributed by atoms with Crippen LogP contribution in [-0.4, -0.2) is 45.5 Å². The van der Waals surface area contributed by atoms with E-state index in [1.54, 1.807) is 0 Å². The van der Waals surface area contributed by atoms with Crippen LogP contribution >= 0.6 is 0 Å². The number of nitrogens with zero attached hydrogens (tertiary/aromatic N) is 4. The average Bonchev–Trinajstić information content (AvgIpc) is 2.73. The molecule has 2 aliphatic rings. The van der Waals surface area contributed by atoms with Crippen molar-refractivity contribution in [1.82, 2.24) is 19.9 Å². The molecule has 7 nitrogen and oxygen atoms in total. The molecule has 2 fully saturated rings. The maximum atomic E-state index is 12.9. The van der Waals surface area contributed by atoms with Crippen molar-refractivity contribution in [3.63, 3.8) is 0 Å². The third-order valence-corrected chi connectivity index (χ3v) is 6.15. The number of ether oxygens (including phenoxy) is 1. The van der Waals surface area contributed by atoms with Crippen molar-refractivity contribution in [3.05, 3.63) is 41.0 Å². The van der Waals surface area contributed by atoms with Gasteiger partial charge in [-0.25, -0.2) is 9.97 Å². The van der Waals surface area contributed by atoms with E-state index < -0.39 is 0 Å². The molecule has 7 heteroatoms. The molecule has 0 aromatic carbocycles. The summed E-state index contributed by atoms with van der Waals surface area (Å²) in [6.45, 7) is 7.64. The number of morpholine rings is 1. The van der Waals surface area contributed by atoms with Crippen LogP contribution < -0.4 is 5.32 Å². The Morgan fingerprint density at radius 1 is 1.03 bits per heavy atom. The number of anilines is 2. The fraction of sp³-hybridized carbons (Fsp3) is 0.583. The van der Waals surface area contributed by atoms with Gasteiger partial charge >= 0.3 is 0 Å². The van der Waals surface area contributed by atoms with Gasteiger partial charge < -0.3 is 15.0 Å². The number of nitrogens with one attached hydrogen (secondary N) is 1. The minimum absolute atomic E-state index is 0.218. The maximum Gasteiger partial charge on any atom is 0.227 e. The van der Waals surface area contributed by atoms with Crippen LogP contribution in [0.1, 0.15) is 67.4 Å². The van der Waals surface area contributed by atoms with Gasteiger partial charge in [-0.15, -0.1) is 0 Å². The Labute approximate surface area is 184 Å². The first kappa shape index (κ1) is 21.7. The molecule has 31 heavy (non-hydrogen) atoms. The topological polar surface area (TPSA) is 80.2 Å². The Hall–Kier alpha value is -2.54. The van der Waals surface area contributed by atoms with Crippen LogP contribution in [0.25, 0.3) is 0 Å². The van der Waals surface area contributed by atoms with E-state index >= 15 is 0 Å². The summed E-state index contributed by atoms with van der Waals surface area (Å²) in [5.74, 6) is 1.38. The lowest BCUT2D eigenvalue weighted by Gasteiger charge is -2.34. The fourth-order valence-corrected chi connectivity index (χ4v) is 4.66. The number of amides is 1. The van der Waals surface area contributed by atoms with E-state index in [0.29, 0.717) is 38.0 Å². The van der Waals surface area contributed by atoms with Gasteiger partial charge in [0.15, 0.2) is 0 Å². The van der Waals surface area contributed by atoms with Crippen molar-refractivity contribution in [2.45, 2.75) is 65.4 Å². The van der Waals surface area contributed by atoms with E-state index in [9.17, 15) is 4.79 Å². The summed E-state index contributed by atoms with van der Waals surface area (Å²) >= 11 is 0. The second kappa shape index (κ2) is 9.73. The smallest absolute Gasteiger partial charge is 0.227 e. The summed E-state index contributed by atoms with van der Waals surface area (Å²) in [6, 6.07) is 5.90. The molecule has 2 aromatic heterocycles. The molecule has 1 saturated heterocycles. The van der Waals surface area contributed by atoms with Crippen LogP contribution in [0.15, 0.2) is 18.2 Å². The molecule has 0 bridgehead atoms. The van der Waals surface area contributed by atoms with Gasteiger partial charge in [-0.2, -0.15) is 0 Å². The molecular weight excluding hydrogens is 390 g/mol. The molecule has 3 heterocycles. The van der Waals surface area contributed by atoms with Crippen LogP contribution in [0, 0.1) is 26.7 Å². The first-order valence-corrected chi connectivity index (χ1v) is 11.4. The van der Waals surface area contributed by atoms with Gasteiger partial charge in [0.2, 0.25) is 11.9 Å². The molecule has 1 N–H and O–H groups in total. The second-order valence-electron chi connectivity index (χ2n) is 8.93. The van der Waals surface area contributed by atoms with Crippen molar-refractivity contribution >= 4 is 17.5 Å². The quantitative estimate of drug-likeness (QED) is 0.767. The third-order valence-electron chi connectivity index (χ3n) is 6.15. The van der Waals surface area contributed by atoms with Gasteiger partial charge in [0, 0.05) is 35.7 Å². The van der Waals surface area contributed by atoms with Crippen molar-refractivity contribution < 1.29 is 9.53 Å². The van der Waals surface area contributed by atoms with Crippen LogP contribution in [-0.2, 0) is 9.53 Å². The number of hydrogen-bond acceptors (Lipinski definition) is 6. The highest BCUT2D eigenvalue weighted by Gasteiger charge is 2.28. The number of aromatic nitrogens is 3. The third kappa shape index (κ3) is 5.79. The Balaban J connectivity index is 1.45. The Morgan fingerprint density at radius 2 is 1.74 bits per heavy atom. The van der Waals surface area contributed by atoms with Gasteiger partial charge in [0.05, 0.1) is 18.8 Å². The SMILES string of the molecule is Cc1cc(Nc2nc(C)cc(C)n2)cc([C@@H]2CN(C(=O)CC3CCCCC3)CCO2)n1. The van der Waals surface area contributed by atoms with Gasteiger partial charge in [-0.1, -0.05) is 19.3 Å². The summed E-state index contributed by atoms with van der Waals surface area (Å²) in [5, 5.41) is 3.30. The molecule has 1 aliphatic carbocycles. The molecule has 1 saturated carbocycles. The van der Waals surface area contributed by atoms with Crippen molar-refractivity contribution in [2.24, 2.45) is 5.92 Å². The molecule has 0 unspecified atom stereocenters. The minimum atomic E-state index is -0.218. The second-order valence-corrected chi connectivity index (χ2v) is 8.93. The van der Waals surface area contributed by atoms with E-state index in [2.05, 4.69) is 15.3 Å². The Morgan fingerprint density at radius 3 is 2.48 bits per heavy atom. The number of rotatable bonds is 5. The highest BCUT2D eigenvalue weighted by atomic mass is 16.5. The number of carbonyl (C=O) groups excluding carboxylic acids is 1. The summed E-state index contributed by atoms with van der Waals surface area (Å²) < 4.78 is 6.02. The van der Waals surface area contributed by atoms with Gasteiger partial charge in [0.25, 0.3) is 0 Å². The highest BCUT2D eigenvalue weighted by molar-refractivity contribution is 5.76. The number of hydrogen-bond donors (Lipinski definition) is 1. The predicted molar refractivity (Wildman–Crippen MR) is 120 cm³/mol. The van der Waals surface area contributed by atoms with Crippen molar-refractivity contribution in [1.29, 1.82) is 0 Å². The standard InChI is InChI=1S/C24H33N5O2/c1-16-11-17(2)27-24(26-16)28-20-12-18(3)25-21(14-20)22-15-29(9-10-31-22)23(30)13-19-7-5-4-6-8-19/h11-12,14,19,22H,4-10,13,15H2,1-3H3,(H,25,26,27,28)/t22-/m0/s1. The zero-order chi connectivity index (χ0) is 21.8. The van der Waals surface area contributed by atoms with Crippen molar-refractivity contribution in [3.8, 4) is 0 Å². The molecule has 166 valence electrons. The lowest BCUT2D eigenvalue weighted by atomic mass is 9.86. The number of pyridine rings is 1. The fourth-order valence-electron chi connectivity index (χ4n) is 4.66. The highest BCUT2D eigenvalue weighted by Crippen LogP contribution is 2.29. The maximum absolute atomic E-state index is 12.9. The first-order valence-electron chi connectivity index (χ1n) is 11.4. The molecule has 0 spiro atoms. The zero-order valence-electron chi connectivity index (χ0n) is 18.9. The minimum Gasteiger partial charge on any atom is -0.368 e. The molecule has 1 atom stereocenters. The zero-order valence-corrected chi connectivity index (χ0v) is 18.9. The molecule has 0 radical (unpaired) electrons. The summed E-state index contributed by atoms with van der Waals surface area (Å²) in [7, 11) is 0. The Kier molecular flexibility index (Phi) is 6.80. The van der Waals surface area contributed by atoms with Crippen LogP contribution in [0.3, 0.4) is 0 Å². The number of carbonyl (C=O) groups is 1. The Bertz CT molecular complexity index is 906. The molecule has 1 aliphatic heterocycles. The average molecular weight is 424 g/mol. The predicted octanol–water partition coefficient (Wildman–Crippen LogP) is 4.41. The summed E-state index contributed by atoms with van der Waals surface area (Å²) in [5.41, 5.74) is 4.44. The molecular formula is C24H33N5O2. The van der Waals surface area contributed by atoms with Gasteiger partial charge in [-0.3, -0.25) is 9.78 Å². The largest absolute Gasteiger partial charge is 0.368 e. The monoisotopic (exact) mass is 423 g/mol. The van der Waals surface area contributed by atoms with E-state index in [1.165, 1.54) is 32.1 Å². The van der Waals surface area contributed by atoms with E-state index in [4.69, 9.17) is 9.72 Å². The van der Waals surface area contributed by atoms with Gasteiger partial charge in [-0.05, 0) is 57.7 Å². The van der Waals surface area contributed by atoms with Crippen LogP contribution in [0.4, 0.5) is 11.6 Å². The van der Waals surface area contributed by atoms with E-state index in [-0.39, 0.29) is 12.0 Å². The van der Waals surface area contributed by atoms with E-state index in [1.807, 2.05) is 43.9 Å². The summed E-state index contributed by atoms with van der Waals surface area (Å²) in [6.07, 6.45) is 6.67.